The van der Waals surface area contributed by atoms with E-state index >= 15 is 0 Å². The second-order valence-corrected chi connectivity index (χ2v) is 7.15. The molecule has 29 heavy (non-hydrogen) atoms. The van der Waals surface area contributed by atoms with Crippen molar-refractivity contribution in [3.63, 3.8) is 0 Å². The zero-order chi connectivity index (χ0) is 20.7. The van der Waals surface area contributed by atoms with Gasteiger partial charge in [-0.1, -0.05) is 24.3 Å². The van der Waals surface area contributed by atoms with Crippen molar-refractivity contribution in [2.24, 2.45) is 0 Å². The molecule has 0 bridgehead atoms. The fraction of sp³-hybridized carbons (Fsp3) is 0.238. The highest BCUT2D eigenvalue weighted by Gasteiger charge is 2.47. The van der Waals surface area contributed by atoms with Crippen LogP contribution in [0.25, 0.3) is 0 Å². The molecule has 8 heteroatoms. The summed E-state index contributed by atoms with van der Waals surface area (Å²) in [5.74, 6) is -1.97. The summed E-state index contributed by atoms with van der Waals surface area (Å²) in [5, 5.41) is 11.2. The van der Waals surface area contributed by atoms with Crippen molar-refractivity contribution in [1.82, 2.24) is 10.2 Å². The summed E-state index contributed by atoms with van der Waals surface area (Å²) in [6.07, 6.45) is 0.477. The highest BCUT2D eigenvalue weighted by atomic mass is 16.4. The largest absolute Gasteiger partial charge is 0.480 e. The van der Waals surface area contributed by atoms with Gasteiger partial charge in [-0.3, -0.25) is 14.4 Å². The molecule has 2 aliphatic rings. The zero-order valence-corrected chi connectivity index (χ0v) is 15.7. The van der Waals surface area contributed by atoms with Crippen molar-refractivity contribution in [3.8, 4) is 0 Å². The molecule has 2 aromatic carbocycles. The summed E-state index contributed by atoms with van der Waals surface area (Å²) in [7, 11) is 0. The van der Waals surface area contributed by atoms with Crippen LogP contribution in [-0.2, 0) is 22.6 Å². The first kappa shape index (κ1) is 18.7. The molecule has 2 heterocycles. The van der Waals surface area contributed by atoms with Crippen LogP contribution in [0.5, 0.6) is 0 Å². The van der Waals surface area contributed by atoms with Crippen molar-refractivity contribution in [2.45, 2.75) is 32.0 Å². The Morgan fingerprint density at radius 3 is 2.38 bits per heavy atom. The Bertz CT molecular complexity index is 974. The Balaban J connectivity index is 1.54. The number of rotatable bonds is 4. The van der Waals surface area contributed by atoms with Crippen LogP contribution in [-0.4, -0.2) is 45.9 Å². The maximum absolute atomic E-state index is 12.9. The van der Waals surface area contributed by atoms with E-state index in [2.05, 4.69) is 5.32 Å². The van der Waals surface area contributed by atoms with Crippen LogP contribution >= 0.6 is 0 Å². The average molecular weight is 393 g/mol. The number of nitrogens with one attached hydrogen (secondary N) is 1. The molecule has 0 saturated carbocycles. The fourth-order valence-corrected chi connectivity index (χ4v) is 3.66. The highest BCUT2D eigenvalue weighted by molar-refractivity contribution is 6.21. The van der Waals surface area contributed by atoms with Crippen molar-refractivity contribution in [2.75, 3.05) is 4.90 Å². The van der Waals surface area contributed by atoms with Gasteiger partial charge >= 0.3 is 12.0 Å². The van der Waals surface area contributed by atoms with Crippen LogP contribution in [0.1, 0.15) is 28.4 Å². The van der Waals surface area contributed by atoms with Gasteiger partial charge in [-0.25, -0.2) is 9.69 Å². The zero-order valence-electron chi connectivity index (χ0n) is 15.7. The number of fused-ring (bicyclic) bond motifs is 2. The number of hydrogen-bond acceptors (Lipinski definition) is 4. The molecular weight excluding hydrogens is 374 g/mol. The lowest BCUT2D eigenvalue weighted by Gasteiger charge is -2.28. The maximum Gasteiger partial charge on any atom is 0.332 e. The highest BCUT2D eigenvalue weighted by Crippen LogP contribution is 2.32. The Kier molecular flexibility index (Phi) is 4.54. The third-order valence-electron chi connectivity index (χ3n) is 5.30. The molecule has 0 aromatic heterocycles. The molecule has 4 rings (SSSR count). The van der Waals surface area contributed by atoms with Gasteiger partial charge in [0.15, 0.2) is 0 Å². The Morgan fingerprint density at radius 2 is 1.72 bits per heavy atom. The molecule has 2 aromatic rings. The lowest BCUT2D eigenvalue weighted by Crippen LogP contribution is -2.39. The van der Waals surface area contributed by atoms with Crippen LogP contribution < -0.4 is 10.2 Å². The second kappa shape index (κ2) is 7.05. The minimum atomic E-state index is -1.14. The lowest BCUT2D eigenvalue weighted by molar-refractivity contribution is -0.138. The summed E-state index contributed by atoms with van der Waals surface area (Å²) in [6.45, 7) is 1.75. The number of hydrogen-bond donors (Lipinski definition) is 2. The van der Waals surface area contributed by atoms with E-state index in [0.717, 1.165) is 16.0 Å². The molecule has 0 radical (unpaired) electrons. The molecule has 2 aliphatic heterocycles. The van der Waals surface area contributed by atoms with E-state index in [0.29, 0.717) is 18.7 Å². The number of imide groups is 1. The van der Waals surface area contributed by atoms with Crippen LogP contribution in [0, 0.1) is 0 Å². The smallest absolute Gasteiger partial charge is 0.332 e. The van der Waals surface area contributed by atoms with E-state index in [4.69, 9.17) is 5.11 Å². The average Bonchev–Trinajstić information content (AvgIpc) is 2.96. The Morgan fingerprint density at radius 1 is 1.07 bits per heavy atom. The first-order valence-corrected chi connectivity index (χ1v) is 9.22. The first-order valence-electron chi connectivity index (χ1n) is 9.22. The molecule has 0 unspecified atom stereocenters. The molecule has 148 valence electrons. The fourth-order valence-electron chi connectivity index (χ4n) is 3.66. The van der Waals surface area contributed by atoms with E-state index in [1.54, 1.807) is 4.90 Å². The maximum atomic E-state index is 12.9. The van der Waals surface area contributed by atoms with E-state index < -0.39 is 24.0 Å². The number of aliphatic carboxylic acids is 1. The van der Waals surface area contributed by atoms with Crippen LogP contribution in [0.15, 0.2) is 48.5 Å². The standard InChI is InChI=1S/C21H19N3O5/c1-12(20(27)28)22-18(25)13-6-8-16(9-7-13)24-19(26)17-10-14-4-2-3-5-15(14)11-23(17)21(24)29/h2-9,12,17H,10-11H2,1H3,(H,22,25)(H,27,28)/t12-,17-/m0/s1. The van der Waals surface area contributed by atoms with E-state index in [1.165, 1.54) is 31.2 Å². The molecule has 0 spiro atoms. The predicted octanol–water partition coefficient (Wildman–Crippen LogP) is 1.78. The number of carbonyl (C=O) groups is 4. The molecule has 2 atom stereocenters. The first-order chi connectivity index (χ1) is 13.9. The van der Waals surface area contributed by atoms with Gasteiger partial charge in [0.25, 0.3) is 11.8 Å². The minimum absolute atomic E-state index is 0.242. The van der Waals surface area contributed by atoms with Gasteiger partial charge in [-0.15, -0.1) is 0 Å². The van der Waals surface area contributed by atoms with Gasteiger partial charge in [0, 0.05) is 18.5 Å². The van der Waals surface area contributed by atoms with Crippen LogP contribution in [0.4, 0.5) is 10.5 Å². The SMILES string of the molecule is C[C@H](NC(=O)c1ccc(N2C(=O)[C@@H]3Cc4ccccc4CN3C2=O)cc1)C(=O)O. The summed E-state index contributed by atoms with van der Waals surface area (Å²) < 4.78 is 0. The van der Waals surface area contributed by atoms with Gasteiger partial charge in [0.05, 0.1) is 5.69 Å². The predicted molar refractivity (Wildman–Crippen MR) is 103 cm³/mol. The van der Waals surface area contributed by atoms with E-state index in [9.17, 15) is 19.2 Å². The molecule has 2 N–H and O–H groups in total. The molecular formula is C21H19N3O5. The van der Waals surface area contributed by atoms with Gasteiger partial charge < -0.3 is 15.3 Å². The van der Waals surface area contributed by atoms with E-state index in [1.807, 2.05) is 24.3 Å². The van der Waals surface area contributed by atoms with Gasteiger partial charge in [0.1, 0.15) is 12.1 Å². The third kappa shape index (κ3) is 3.22. The molecule has 1 fully saturated rings. The number of nitrogens with zero attached hydrogens (tertiary/aromatic N) is 2. The summed E-state index contributed by atoms with van der Waals surface area (Å²) >= 11 is 0. The number of carboxylic acid groups (broad SMARTS) is 1. The molecule has 1 saturated heterocycles. The van der Waals surface area contributed by atoms with Gasteiger partial charge in [-0.05, 0) is 42.3 Å². The van der Waals surface area contributed by atoms with Crippen LogP contribution in [0.3, 0.4) is 0 Å². The van der Waals surface area contributed by atoms with Crippen molar-refractivity contribution < 1.29 is 24.3 Å². The van der Waals surface area contributed by atoms with Gasteiger partial charge in [0.2, 0.25) is 0 Å². The summed E-state index contributed by atoms with van der Waals surface area (Å²) in [6, 6.07) is 11.8. The quantitative estimate of drug-likeness (QED) is 0.770. The van der Waals surface area contributed by atoms with Crippen molar-refractivity contribution >= 4 is 29.5 Å². The topological polar surface area (TPSA) is 107 Å². The molecule has 8 nitrogen and oxygen atoms in total. The number of anilines is 1. The number of carboxylic acids is 1. The third-order valence-corrected chi connectivity index (χ3v) is 5.30. The van der Waals surface area contributed by atoms with Gasteiger partial charge in [-0.2, -0.15) is 0 Å². The summed E-state index contributed by atoms with van der Waals surface area (Å²) in [4.78, 5) is 51.5. The number of amides is 4. The number of urea groups is 1. The molecule has 0 aliphatic carbocycles. The number of carbonyl (C=O) groups excluding carboxylic acids is 3. The van der Waals surface area contributed by atoms with Crippen molar-refractivity contribution in [1.29, 1.82) is 0 Å². The molecule has 4 amide bonds. The van der Waals surface area contributed by atoms with E-state index in [-0.39, 0.29) is 17.5 Å². The van der Waals surface area contributed by atoms with Crippen molar-refractivity contribution in [3.05, 3.63) is 65.2 Å². The van der Waals surface area contributed by atoms with Crippen LogP contribution in [0.2, 0.25) is 0 Å². The summed E-state index contributed by atoms with van der Waals surface area (Å²) in [5.41, 5.74) is 2.72. The number of benzene rings is 2. The Hall–Kier alpha value is -3.68. The lowest BCUT2D eigenvalue weighted by atomic mass is 9.95. The minimum Gasteiger partial charge on any atom is -0.480 e. The second-order valence-electron chi connectivity index (χ2n) is 7.15. The normalized spacial score (nSPS) is 18.9. The monoisotopic (exact) mass is 393 g/mol. The Labute approximate surface area is 166 Å².